The molecule has 27 heavy (non-hydrogen) atoms. The highest BCUT2D eigenvalue weighted by Gasteiger charge is 2.13. The van der Waals surface area contributed by atoms with Crippen molar-refractivity contribution in [3.8, 4) is 0 Å². The summed E-state index contributed by atoms with van der Waals surface area (Å²) in [6, 6.07) is 7.16. The van der Waals surface area contributed by atoms with Crippen LogP contribution in [0.2, 0.25) is 0 Å². The third-order valence-electron chi connectivity index (χ3n) is 3.94. The van der Waals surface area contributed by atoms with Gasteiger partial charge in [-0.05, 0) is 37.5 Å². The molecule has 0 aliphatic heterocycles. The minimum atomic E-state index is -3.50. The number of guanidine groups is 1. The summed E-state index contributed by atoms with van der Waals surface area (Å²) in [6.07, 6.45) is 6.35. The number of nitrogens with one attached hydrogen (secondary N) is 3. The molecule has 0 saturated carbocycles. The first-order valence-electron chi connectivity index (χ1n) is 8.82. The standard InChI is InChI=1S/C18H28N4O3S.HI/c1-3-19-18(22-16-6-4-5-7-16)20-14-15-8-10-17(11-9-15)26(23,24)21-12-13-25-2;/h4-5,8-11,16,21H,3,6-7,12-14H2,1-2H3,(H2,19,20,22);1H. The molecule has 0 bridgehead atoms. The molecule has 1 aromatic carbocycles. The van der Waals surface area contributed by atoms with Crippen molar-refractivity contribution in [1.82, 2.24) is 15.4 Å². The van der Waals surface area contributed by atoms with E-state index in [0.29, 0.717) is 19.2 Å². The van der Waals surface area contributed by atoms with Gasteiger partial charge < -0.3 is 15.4 Å². The van der Waals surface area contributed by atoms with Crippen LogP contribution < -0.4 is 15.4 Å². The number of methoxy groups -OCH3 is 1. The van der Waals surface area contributed by atoms with Crippen molar-refractivity contribution in [2.24, 2.45) is 4.99 Å². The van der Waals surface area contributed by atoms with E-state index in [9.17, 15) is 8.42 Å². The fourth-order valence-corrected chi connectivity index (χ4v) is 3.57. The highest BCUT2D eigenvalue weighted by atomic mass is 127. The van der Waals surface area contributed by atoms with Crippen molar-refractivity contribution in [3.63, 3.8) is 0 Å². The number of halogens is 1. The number of hydrogen-bond donors (Lipinski definition) is 3. The van der Waals surface area contributed by atoms with Gasteiger partial charge in [0.1, 0.15) is 0 Å². The minimum absolute atomic E-state index is 0. The van der Waals surface area contributed by atoms with Gasteiger partial charge in [0.25, 0.3) is 0 Å². The van der Waals surface area contributed by atoms with Crippen molar-refractivity contribution in [1.29, 1.82) is 0 Å². The fourth-order valence-electron chi connectivity index (χ4n) is 2.55. The Balaban J connectivity index is 0.00000364. The molecule has 1 aromatic rings. The maximum atomic E-state index is 12.1. The summed E-state index contributed by atoms with van der Waals surface area (Å²) in [6.45, 7) is 3.88. The van der Waals surface area contributed by atoms with Crippen LogP contribution in [-0.4, -0.2) is 47.2 Å². The Hall–Kier alpha value is -1.17. The zero-order valence-electron chi connectivity index (χ0n) is 15.8. The Morgan fingerprint density at radius 2 is 1.89 bits per heavy atom. The Morgan fingerprint density at radius 1 is 1.22 bits per heavy atom. The summed E-state index contributed by atoms with van der Waals surface area (Å²) in [5.74, 6) is 0.777. The molecular formula is C18H29IN4O3S. The number of nitrogens with zero attached hydrogens (tertiary/aromatic N) is 1. The average molecular weight is 508 g/mol. The summed E-state index contributed by atoms with van der Waals surface area (Å²) < 4.78 is 31.6. The molecule has 0 fully saturated rings. The van der Waals surface area contributed by atoms with Crippen LogP contribution in [0.4, 0.5) is 0 Å². The largest absolute Gasteiger partial charge is 0.383 e. The second-order valence-corrected chi connectivity index (χ2v) is 7.78. The molecule has 0 saturated heterocycles. The van der Waals surface area contributed by atoms with Gasteiger partial charge in [-0.25, -0.2) is 18.1 Å². The minimum Gasteiger partial charge on any atom is -0.383 e. The second-order valence-electron chi connectivity index (χ2n) is 6.01. The summed E-state index contributed by atoms with van der Waals surface area (Å²) in [5, 5.41) is 6.65. The van der Waals surface area contributed by atoms with Gasteiger partial charge in [-0.3, -0.25) is 0 Å². The first kappa shape index (κ1) is 23.9. The summed E-state index contributed by atoms with van der Waals surface area (Å²) in [7, 11) is -1.97. The predicted octanol–water partition coefficient (Wildman–Crippen LogP) is 2.00. The van der Waals surface area contributed by atoms with E-state index in [1.807, 2.05) is 6.92 Å². The number of rotatable bonds is 9. The van der Waals surface area contributed by atoms with Crippen LogP contribution in [0.5, 0.6) is 0 Å². The van der Waals surface area contributed by atoms with E-state index in [1.165, 1.54) is 7.11 Å². The van der Waals surface area contributed by atoms with Crippen LogP contribution in [0.25, 0.3) is 0 Å². The van der Waals surface area contributed by atoms with E-state index in [4.69, 9.17) is 4.74 Å². The average Bonchev–Trinajstić information content (AvgIpc) is 3.13. The SMILES string of the molecule is CCNC(=NCc1ccc(S(=O)(=O)NCCOC)cc1)NC1CC=CC1.I. The molecule has 3 N–H and O–H groups in total. The molecule has 7 nitrogen and oxygen atoms in total. The quantitative estimate of drug-likeness (QED) is 0.156. The van der Waals surface area contributed by atoms with Crippen molar-refractivity contribution in [3.05, 3.63) is 42.0 Å². The summed E-state index contributed by atoms with van der Waals surface area (Å²) in [4.78, 5) is 4.82. The molecule has 1 aliphatic rings. The molecule has 0 amide bonds. The Kier molecular flexibility index (Phi) is 10.9. The van der Waals surface area contributed by atoms with Crippen molar-refractivity contribution in [2.75, 3.05) is 26.8 Å². The Morgan fingerprint density at radius 3 is 2.48 bits per heavy atom. The molecule has 0 aromatic heterocycles. The van der Waals surface area contributed by atoms with Gasteiger partial charge in [0, 0.05) is 26.2 Å². The monoisotopic (exact) mass is 508 g/mol. The molecule has 1 aliphatic carbocycles. The van der Waals surface area contributed by atoms with E-state index < -0.39 is 10.0 Å². The van der Waals surface area contributed by atoms with Crippen molar-refractivity contribution in [2.45, 2.75) is 37.2 Å². The molecule has 9 heteroatoms. The third kappa shape index (κ3) is 8.16. The number of sulfonamides is 1. The Bertz CT molecular complexity index is 713. The molecule has 0 atom stereocenters. The maximum Gasteiger partial charge on any atom is 0.240 e. The lowest BCUT2D eigenvalue weighted by Gasteiger charge is -2.16. The van der Waals surface area contributed by atoms with Gasteiger partial charge in [0.05, 0.1) is 18.0 Å². The van der Waals surface area contributed by atoms with Crippen LogP contribution in [0.15, 0.2) is 46.3 Å². The van der Waals surface area contributed by atoms with Crippen LogP contribution >= 0.6 is 24.0 Å². The van der Waals surface area contributed by atoms with E-state index in [2.05, 4.69) is 32.5 Å². The van der Waals surface area contributed by atoms with Crippen LogP contribution in [-0.2, 0) is 21.3 Å². The first-order chi connectivity index (χ1) is 12.5. The highest BCUT2D eigenvalue weighted by molar-refractivity contribution is 14.0. The van der Waals surface area contributed by atoms with Crippen LogP contribution in [0, 0.1) is 0 Å². The van der Waals surface area contributed by atoms with Gasteiger partial charge in [-0.15, -0.1) is 24.0 Å². The van der Waals surface area contributed by atoms with Gasteiger partial charge in [-0.1, -0.05) is 24.3 Å². The zero-order valence-corrected chi connectivity index (χ0v) is 18.9. The first-order valence-corrected chi connectivity index (χ1v) is 10.3. The molecule has 0 heterocycles. The van der Waals surface area contributed by atoms with Gasteiger partial charge in [0.15, 0.2) is 5.96 Å². The second kappa shape index (κ2) is 12.3. The topological polar surface area (TPSA) is 91.8 Å². The van der Waals surface area contributed by atoms with E-state index in [1.54, 1.807) is 24.3 Å². The third-order valence-corrected chi connectivity index (χ3v) is 5.42. The van der Waals surface area contributed by atoms with Crippen LogP contribution in [0.3, 0.4) is 0 Å². The van der Waals surface area contributed by atoms with Gasteiger partial charge in [0.2, 0.25) is 10.0 Å². The van der Waals surface area contributed by atoms with E-state index in [0.717, 1.165) is 30.9 Å². The summed E-state index contributed by atoms with van der Waals surface area (Å²) >= 11 is 0. The van der Waals surface area contributed by atoms with E-state index >= 15 is 0 Å². The van der Waals surface area contributed by atoms with Crippen LogP contribution in [0.1, 0.15) is 25.3 Å². The van der Waals surface area contributed by atoms with Crippen molar-refractivity contribution < 1.29 is 13.2 Å². The molecule has 0 spiro atoms. The molecule has 0 radical (unpaired) electrons. The fraction of sp³-hybridized carbons (Fsp3) is 0.500. The van der Waals surface area contributed by atoms with Gasteiger partial charge >= 0.3 is 0 Å². The van der Waals surface area contributed by atoms with Crippen molar-refractivity contribution >= 4 is 40.0 Å². The zero-order chi connectivity index (χ0) is 18.8. The number of aliphatic imine (C=N–C) groups is 1. The van der Waals surface area contributed by atoms with E-state index in [-0.39, 0.29) is 35.4 Å². The maximum absolute atomic E-state index is 12.1. The lowest BCUT2D eigenvalue weighted by molar-refractivity contribution is 0.204. The molecule has 2 rings (SSSR count). The van der Waals surface area contributed by atoms with Gasteiger partial charge in [-0.2, -0.15) is 0 Å². The number of benzene rings is 1. The molecular weight excluding hydrogens is 479 g/mol. The normalized spacial score (nSPS) is 14.8. The lowest BCUT2D eigenvalue weighted by atomic mass is 10.2. The molecule has 152 valence electrons. The Labute approximate surface area is 179 Å². The highest BCUT2D eigenvalue weighted by Crippen LogP contribution is 2.12. The smallest absolute Gasteiger partial charge is 0.240 e. The molecule has 0 unspecified atom stereocenters. The predicted molar refractivity (Wildman–Crippen MR) is 119 cm³/mol. The number of hydrogen-bond acceptors (Lipinski definition) is 4. The lowest BCUT2D eigenvalue weighted by Crippen LogP contribution is -2.42. The number of ether oxygens (including phenoxy) is 1. The summed E-state index contributed by atoms with van der Waals surface area (Å²) in [5.41, 5.74) is 0.947.